The van der Waals surface area contributed by atoms with Gasteiger partial charge < -0.3 is 10.1 Å². The summed E-state index contributed by atoms with van der Waals surface area (Å²) in [6.45, 7) is 2.69. The maximum absolute atomic E-state index is 13.0. The predicted molar refractivity (Wildman–Crippen MR) is 76.1 cm³/mol. The summed E-state index contributed by atoms with van der Waals surface area (Å²) in [5.74, 6) is -1.39. The van der Waals surface area contributed by atoms with Crippen molar-refractivity contribution >= 4 is 11.9 Å². The topological polar surface area (TPSA) is 55.4 Å². The summed E-state index contributed by atoms with van der Waals surface area (Å²) in [4.78, 5) is 23.8. The number of amides is 1. The number of carbonyl (C=O) groups excluding carboxylic acids is 2. The fraction of sp³-hybridized carbons (Fsp3) is 0.500. The normalized spacial score (nSPS) is 21.7. The van der Waals surface area contributed by atoms with Gasteiger partial charge in [0.25, 0.3) is 0 Å². The third kappa shape index (κ3) is 4.03. The largest absolute Gasteiger partial charge is 0.465 e. The van der Waals surface area contributed by atoms with E-state index < -0.39 is 5.92 Å². The van der Waals surface area contributed by atoms with E-state index >= 15 is 0 Å². The SMILES string of the molecule is CCCCOC(=O)C1CNC(=O)CC1c1ccc(F)cc1. The minimum Gasteiger partial charge on any atom is -0.465 e. The number of halogens is 1. The van der Waals surface area contributed by atoms with Crippen LogP contribution in [-0.4, -0.2) is 25.0 Å². The number of hydrogen-bond acceptors (Lipinski definition) is 3. The van der Waals surface area contributed by atoms with Gasteiger partial charge in [0.05, 0.1) is 12.5 Å². The molecular formula is C16H20FNO3. The molecule has 0 radical (unpaired) electrons. The zero-order valence-corrected chi connectivity index (χ0v) is 12.1. The molecule has 2 unspecified atom stereocenters. The summed E-state index contributed by atoms with van der Waals surface area (Å²) in [6, 6.07) is 5.96. The number of ether oxygens (including phenoxy) is 1. The van der Waals surface area contributed by atoms with Gasteiger partial charge in [-0.25, -0.2) is 4.39 Å². The highest BCUT2D eigenvalue weighted by molar-refractivity contribution is 5.83. The molecule has 114 valence electrons. The van der Waals surface area contributed by atoms with E-state index in [2.05, 4.69) is 5.32 Å². The number of rotatable bonds is 5. The van der Waals surface area contributed by atoms with E-state index in [1.165, 1.54) is 12.1 Å². The van der Waals surface area contributed by atoms with Gasteiger partial charge in [-0.2, -0.15) is 0 Å². The van der Waals surface area contributed by atoms with Gasteiger partial charge in [0.1, 0.15) is 5.82 Å². The molecule has 1 aliphatic heterocycles. The first-order chi connectivity index (χ1) is 10.1. The van der Waals surface area contributed by atoms with Crippen LogP contribution in [0.25, 0.3) is 0 Å². The van der Waals surface area contributed by atoms with Crippen LogP contribution in [-0.2, 0) is 14.3 Å². The van der Waals surface area contributed by atoms with Gasteiger partial charge in [0, 0.05) is 18.9 Å². The molecule has 2 atom stereocenters. The Kier molecular flexibility index (Phi) is 5.31. The Hall–Kier alpha value is -1.91. The zero-order chi connectivity index (χ0) is 15.2. The second kappa shape index (κ2) is 7.20. The Labute approximate surface area is 123 Å². The Morgan fingerprint density at radius 3 is 2.76 bits per heavy atom. The molecule has 1 aliphatic rings. The molecular weight excluding hydrogens is 273 g/mol. The second-order valence-corrected chi connectivity index (χ2v) is 5.29. The number of carbonyl (C=O) groups is 2. The second-order valence-electron chi connectivity index (χ2n) is 5.29. The lowest BCUT2D eigenvalue weighted by atomic mass is 9.81. The highest BCUT2D eigenvalue weighted by Crippen LogP contribution is 2.31. The average Bonchev–Trinajstić information content (AvgIpc) is 2.48. The molecule has 0 saturated carbocycles. The first-order valence-electron chi connectivity index (χ1n) is 7.30. The van der Waals surface area contributed by atoms with Crippen molar-refractivity contribution in [2.45, 2.75) is 32.1 Å². The summed E-state index contributed by atoms with van der Waals surface area (Å²) in [6.07, 6.45) is 2.00. The number of nitrogens with one attached hydrogen (secondary N) is 1. The van der Waals surface area contributed by atoms with Crippen LogP contribution in [0.5, 0.6) is 0 Å². The third-order valence-electron chi connectivity index (χ3n) is 3.75. The van der Waals surface area contributed by atoms with E-state index in [0.29, 0.717) is 6.61 Å². The summed E-state index contributed by atoms with van der Waals surface area (Å²) in [5.41, 5.74) is 0.795. The lowest BCUT2D eigenvalue weighted by Gasteiger charge is -2.30. The van der Waals surface area contributed by atoms with Gasteiger partial charge in [0.2, 0.25) is 5.91 Å². The predicted octanol–water partition coefficient (Wildman–Crippen LogP) is 2.39. The molecule has 5 heteroatoms. The number of benzene rings is 1. The Morgan fingerprint density at radius 2 is 2.10 bits per heavy atom. The van der Waals surface area contributed by atoms with Gasteiger partial charge in [-0.1, -0.05) is 25.5 Å². The van der Waals surface area contributed by atoms with Gasteiger partial charge >= 0.3 is 5.97 Å². The monoisotopic (exact) mass is 293 g/mol. The average molecular weight is 293 g/mol. The zero-order valence-electron chi connectivity index (χ0n) is 12.1. The number of hydrogen-bond donors (Lipinski definition) is 1. The van der Waals surface area contributed by atoms with Crippen LogP contribution in [0, 0.1) is 11.7 Å². The first-order valence-corrected chi connectivity index (χ1v) is 7.30. The Balaban J connectivity index is 2.11. The van der Waals surface area contributed by atoms with Crippen molar-refractivity contribution in [1.82, 2.24) is 5.32 Å². The summed E-state index contributed by atoms with van der Waals surface area (Å²) < 4.78 is 18.3. The standard InChI is InChI=1S/C16H20FNO3/c1-2-3-8-21-16(20)14-10-18-15(19)9-13(14)11-4-6-12(17)7-5-11/h4-7,13-14H,2-3,8-10H2,1H3,(H,18,19). The minimum atomic E-state index is -0.412. The van der Waals surface area contributed by atoms with Gasteiger partial charge in [-0.3, -0.25) is 9.59 Å². The molecule has 1 heterocycles. The molecule has 21 heavy (non-hydrogen) atoms. The number of esters is 1. The number of piperidine rings is 1. The van der Waals surface area contributed by atoms with Crippen molar-refractivity contribution in [1.29, 1.82) is 0 Å². The minimum absolute atomic E-state index is 0.0954. The fourth-order valence-electron chi connectivity index (χ4n) is 2.51. The highest BCUT2D eigenvalue weighted by Gasteiger charge is 2.36. The maximum Gasteiger partial charge on any atom is 0.311 e. The molecule has 0 spiro atoms. The third-order valence-corrected chi connectivity index (χ3v) is 3.75. The van der Waals surface area contributed by atoms with Crippen LogP contribution in [0.1, 0.15) is 37.7 Å². The fourth-order valence-corrected chi connectivity index (χ4v) is 2.51. The molecule has 1 aromatic carbocycles. The van der Waals surface area contributed by atoms with E-state index in [9.17, 15) is 14.0 Å². The summed E-state index contributed by atoms with van der Waals surface area (Å²) >= 11 is 0. The Bertz CT molecular complexity index is 501. The molecule has 1 aromatic rings. The smallest absolute Gasteiger partial charge is 0.311 e. The molecule has 0 bridgehead atoms. The van der Waals surface area contributed by atoms with Crippen molar-refractivity contribution < 1.29 is 18.7 Å². The van der Waals surface area contributed by atoms with Crippen LogP contribution < -0.4 is 5.32 Å². The van der Waals surface area contributed by atoms with Crippen molar-refractivity contribution in [2.75, 3.05) is 13.2 Å². The van der Waals surface area contributed by atoms with Gasteiger partial charge in [-0.15, -0.1) is 0 Å². The quantitative estimate of drug-likeness (QED) is 0.670. The molecule has 2 rings (SSSR count). The molecule has 0 aromatic heterocycles. The van der Waals surface area contributed by atoms with Crippen LogP contribution in [0.2, 0.25) is 0 Å². The molecule has 1 fully saturated rings. The summed E-state index contributed by atoms with van der Waals surface area (Å²) in [5, 5.41) is 2.70. The molecule has 0 aliphatic carbocycles. The molecule has 1 saturated heterocycles. The molecule has 1 amide bonds. The Morgan fingerprint density at radius 1 is 1.38 bits per heavy atom. The van der Waals surface area contributed by atoms with E-state index in [1.54, 1.807) is 12.1 Å². The van der Waals surface area contributed by atoms with Crippen LogP contribution in [0.15, 0.2) is 24.3 Å². The lowest BCUT2D eigenvalue weighted by molar-refractivity contribution is -0.150. The van der Waals surface area contributed by atoms with Crippen molar-refractivity contribution in [3.63, 3.8) is 0 Å². The maximum atomic E-state index is 13.0. The first kappa shape index (κ1) is 15.5. The van der Waals surface area contributed by atoms with Gasteiger partial charge in [-0.05, 0) is 24.1 Å². The van der Waals surface area contributed by atoms with E-state index in [1.807, 2.05) is 6.92 Å². The van der Waals surface area contributed by atoms with Crippen molar-refractivity contribution in [3.8, 4) is 0 Å². The van der Waals surface area contributed by atoms with Crippen LogP contribution >= 0.6 is 0 Å². The van der Waals surface area contributed by atoms with E-state index in [-0.39, 0.29) is 36.6 Å². The highest BCUT2D eigenvalue weighted by atomic mass is 19.1. The number of unbranched alkanes of at least 4 members (excludes halogenated alkanes) is 1. The van der Waals surface area contributed by atoms with E-state index in [0.717, 1.165) is 18.4 Å². The van der Waals surface area contributed by atoms with Crippen molar-refractivity contribution in [3.05, 3.63) is 35.6 Å². The van der Waals surface area contributed by atoms with E-state index in [4.69, 9.17) is 4.74 Å². The van der Waals surface area contributed by atoms with Crippen molar-refractivity contribution in [2.24, 2.45) is 5.92 Å². The summed E-state index contributed by atoms with van der Waals surface area (Å²) in [7, 11) is 0. The van der Waals surface area contributed by atoms with Gasteiger partial charge in [0.15, 0.2) is 0 Å². The van der Waals surface area contributed by atoms with Crippen LogP contribution in [0.3, 0.4) is 0 Å². The lowest BCUT2D eigenvalue weighted by Crippen LogP contribution is -2.43. The molecule has 1 N–H and O–H groups in total. The molecule has 4 nitrogen and oxygen atoms in total. The van der Waals surface area contributed by atoms with Crippen LogP contribution in [0.4, 0.5) is 4.39 Å².